The SMILES string of the molecule is Cc1cc(C(C)NC(=O)N2CCC(Oc3ccccc3)CC2)c(C)o1. The summed E-state index contributed by atoms with van der Waals surface area (Å²) in [7, 11) is 0. The van der Waals surface area contributed by atoms with Crippen LogP contribution in [0.1, 0.15) is 42.9 Å². The van der Waals surface area contributed by atoms with E-state index in [1.807, 2.05) is 62.1 Å². The molecule has 0 bridgehead atoms. The Morgan fingerprint density at radius 2 is 1.92 bits per heavy atom. The molecule has 1 aliphatic rings. The number of para-hydroxylation sites is 1. The minimum absolute atomic E-state index is 0.0242. The highest BCUT2D eigenvalue weighted by atomic mass is 16.5. The average molecular weight is 342 g/mol. The number of urea groups is 1. The van der Waals surface area contributed by atoms with E-state index in [0.29, 0.717) is 13.1 Å². The number of carbonyl (C=O) groups excluding carboxylic acids is 1. The quantitative estimate of drug-likeness (QED) is 0.905. The first-order chi connectivity index (χ1) is 12.0. The van der Waals surface area contributed by atoms with Crippen molar-refractivity contribution in [1.82, 2.24) is 10.2 Å². The molecule has 5 nitrogen and oxygen atoms in total. The van der Waals surface area contributed by atoms with E-state index in [9.17, 15) is 4.79 Å². The van der Waals surface area contributed by atoms with E-state index in [1.165, 1.54) is 0 Å². The number of likely N-dealkylation sites (tertiary alicyclic amines) is 1. The molecule has 1 fully saturated rings. The lowest BCUT2D eigenvalue weighted by molar-refractivity contribution is 0.110. The second-order valence-corrected chi connectivity index (χ2v) is 6.66. The van der Waals surface area contributed by atoms with Crippen LogP contribution in [0.3, 0.4) is 0 Å². The molecular formula is C20H26N2O3. The standard InChI is InChI=1S/C20H26N2O3/c1-14-13-19(16(3)24-14)15(2)21-20(23)22-11-9-18(10-12-22)25-17-7-5-4-6-8-17/h4-8,13,15,18H,9-12H2,1-3H3,(H,21,23). The Bertz CT molecular complexity index is 703. The van der Waals surface area contributed by atoms with Crippen molar-refractivity contribution in [2.75, 3.05) is 13.1 Å². The van der Waals surface area contributed by atoms with E-state index in [4.69, 9.17) is 9.15 Å². The topological polar surface area (TPSA) is 54.7 Å². The monoisotopic (exact) mass is 342 g/mol. The van der Waals surface area contributed by atoms with Gasteiger partial charge in [-0.15, -0.1) is 0 Å². The van der Waals surface area contributed by atoms with Crippen LogP contribution >= 0.6 is 0 Å². The third-order valence-electron chi connectivity index (χ3n) is 4.66. The number of hydrogen-bond acceptors (Lipinski definition) is 3. The maximum Gasteiger partial charge on any atom is 0.317 e. The van der Waals surface area contributed by atoms with Crippen LogP contribution in [0, 0.1) is 13.8 Å². The molecule has 1 N–H and O–H groups in total. The Balaban J connectivity index is 1.49. The van der Waals surface area contributed by atoms with Gasteiger partial charge in [0.05, 0.1) is 6.04 Å². The molecule has 0 spiro atoms. The first-order valence-corrected chi connectivity index (χ1v) is 8.87. The van der Waals surface area contributed by atoms with Gasteiger partial charge in [0.2, 0.25) is 0 Å². The molecule has 0 radical (unpaired) electrons. The van der Waals surface area contributed by atoms with E-state index >= 15 is 0 Å². The van der Waals surface area contributed by atoms with Gasteiger partial charge >= 0.3 is 6.03 Å². The number of nitrogens with one attached hydrogen (secondary N) is 1. The highest BCUT2D eigenvalue weighted by Crippen LogP contribution is 2.22. The molecule has 134 valence electrons. The molecule has 1 aliphatic heterocycles. The van der Waals surface area contributed by atoms with E-state index in [2.05, 4.69) is 5.32 Å². The molecule has 2 heterocycles. The van der Waals surface area contributed by atoms with Gasteiger partial charge in [0.25, 0.3) is 0 Å². The number of furan rings is 1. The van der Waals surface area contributed by atoms with Gasteiger partial charge < -0.3 is 19.4 Å². The van der Waals surface area contributed by atoms with Crippen molar-refractivity contribution in [2.45, 2.75) is 45.8 Å². The second-order valence-electron chi connectivity index (χ2n) is 6.66. The summed E-state index contributed by atoms with van der Waals surface area (Å²) in [6, 6.07) is 11.8. The van der Waals surface area contributed by atoms with Gasteiger partial charge in [-0.3, -0.25) is 0 Å². The summed E-state index contributed by atoms with van der Waals surface area (Å²) in [6.45, 7) is 7.25. The average Bonchev–Trinajstić information content (AvgIpc) is 2.95. The molecule has 25 heavy (non-hydrogen) atoms. The molecule has 2 amide bonds. The molecule has 1 aromatic carbocycles. The van der Waals surface area contributed by atoms with Crippen LogP contribution < -0.4 is 10.1 Å². The third-order valence-corrected chi connectivity index (χ3v) is 4.66. The fraction of sp³-hybridized carbons (Fsp3) is 0.450. The second kappa shape index (κ2) is 7.64. The van der Waals surface area contributed by atoms with Crippen molar-refractivity contribution < 1.29 is 13.9 Å². The summed E-state index contributed by atoms with van der Waals surface area (Å²) in [4.78, 5) is 14.4. The molecule has 1 unspecified atom stereocenters. The molecule has 3 rings (SSSR count). The van der Waals surface area contributed by atoms with E-state index < -0.39 is 0 Å². The van der Waals surface area contributed by atoms with Gasteiger partial charge in [-0.25, -0.2) is 4.79 Å². The number of rotatable bonds is 4. The van der Waals surface area contributed by atoms with Crippen LogP contribution in [0.4, 0.5) is 4.79 Å². The number of nitrogens with zero attached hydrogens (tertiary/aromatic N) is 1. The van der Waals surface area contributed by atoms with Crippen molar-refractivity contribution in [2.24, 2.45) is 0 Å². The minimum Gasteiger partial charge on any atom is -0.490 e. The predicted octanol–water partition coefficient (Wildman–Crippen LogP) is 4.21. The summed E-state index contributed by atoms with van der Waals surface area (Å²) in [6.07, 6.45) is 1.86. The van der Waals surface area contributed by atoms with Crippen molar-refractivity contribution in [3.05, 3.63) is 53.5 Å². The van der Waals surface area contributed by atoms with E-state index in [-0.39, 0.29) is 18.2 Å². The van der Waals surface area contributed by atoms with Gasteiger partial charge in [-0.05, 0) is 39.0 Å². The Morgan fingerprint density at radius 3 is 2.52 bits per heavy atom. The number of ether oxygens (including phenoxy) is 1. The fourth-order valence-electron chi connectivity index (χ4n) is 3.30. The number of piperidine rings is 1. The summed E-state index contributed by atoms with van der Waals surface area (Å²) in [5.41, 5.74) is 1.04. The van der Waals surface area contributed by atoms with Gasteiger partial charge in [0, 0.05) is 31.5 Å². The minimum atomic E-state index is -0.0664. The molecule has 0 aliphatic carbocycles. The highest BCUT2D eigenvalue weighted by molar-refractivity contribution is 5.74. The summed E-state index contributed by atoms with van der Waals surface area (Å²) in [5, 5.41) is 3.07. The van der Waals surface area contributed by atoms with Crippen LogP contribution in [0.2, 0.25) is 0 Å². The zero-order valence-corrected chi connectivity index (χ0v) is 15.1. The summed E-state index contributed by atoms with van der Waals surface area (Å²) < 4.78 is 11.5. The zero-order chi connectivity index (χ0) is 17.8. The largest absolute Gasteiger partial charge is 0.490 e. The molecule has 1 saturated heterocycles. The summed E-state index contributed by atoms with van der Waals surface area (Å²) >= 11 is 0. The lowest BCUT2D eigenvalue weighted by Gasteiger charge is -2.33. The number of aryl methyl sites for hydroxylation is 2. The van der Waals surface area contributed by atoms with Crippen molar-refractivity contribution in [1.29, 1.82) is 0 Å². The number of hydrogen-bond donors (Lipinski definition) is 1. The van der Waals surface area contributed by atoms with Crippen molar-refractivity contribution >= 4 is 6.03 Å². The molecular weight excluding hydrogens is 316 g/mol. The summed E-state index contributed by atoms with van der Waals surface area (Å²) in [5.74, 6) is 2.62. The Labute approximate surface area is 149 Å². The van der Waals surface area contributed by atoms with E-state index in [0.717, 1.165) is 35.7 Å². The first kappa shape index (κ1) is 17.4. The molecule has 0 saturated carbocycles. The van der Waals surface area contributed by atoms with Gasteiger partial charge in [-0.2, -0.15) is 0 Å². The van der Waals surface area contributed by atoms with Crippen LogP contribution in [-0.4, -0.2) is 30.1 Å². The number of carbonyl (C=O) groups is 1. The Morgan fingerprint density at radius 1 is 1.24 bits per heavy atom. The van der Waals surface area contributed by atoms with Gasteiger partial charge in [-0.1, -0.05) is 18.2 Å². The molecule has 5 heteroatoms. The normalized spacial score (nSPS) is 16.5. The number of benzene rings is 1. The van der Waals surface area contributed by atoms with Crippen LogP contribution in [0.15, 0.2) is 40.8 Å². The lowest BCUT2D eigenvalue weighted by Crippen LogP contribution is -2.47. The Hall–Kier alpha value is -2.43. The van der Waals surface area contributed by atoms with Gasteiger partial charge in [0.15, 0.2) is 0 Å². The maximum absolute atomic E-state index is 12.5. The number of amides is 2. The fourth-order valence-corrected chi connectivity index (χ4v) is 3.30. The van der Waals surface area contributed by atoms with Crippen molar-refractivity contribution in [3.63, 3.8) is 0 Å². The van der Waals surface area contributed by atoms with Crippen LogP contribution in [0.5, 0.6) is 5.75 Å². The predicted molar refractivity (Wildman–Crippen MR) is 96.8 cm³/mol. The van der Waals surface area contributed by atoms with Crippen molar-refractivity contribution in [3.8, 4) is 5.75 Å². The van der Waals surface area contributed by atoms with Crippen LogP contribution in [0.25, 0.3) is 0 Å². The highest BCUT2D eigenvalue weighted by Gasteiger charge is 2.25. The zero-order valence-electron chi connectivity index (χ0n) is 15.1. The maximum atomic E-state index is 12.5. The Kier molecular flexibility index (Phi) is 5.31. The molecule has 2 aromatic rings. The third kappa shape index (κ3) is 4.35. The first-order valence-electron chi connectivity index (χ1n) is 8.87. The van der Waals surface area contributed by atoms with Crippen LogP contribution in [-0.2, 0) is 0 Å². The van der Waals surface area contributed by atoms with Gasteiger partial charge in [0.1, 0.15) is 23.4 Å². The molecule has 1 aromatic heterocycles. The van der Waals surface area contributed by atoms with E-state index in [1.54, 1.807) is 0 Å². The lowest BCUT2D eigenvalue weighted by atomic mass is 10.1. The molecule has 1 atom stereocenters. The smallest absolute Gasteiger partial charge is 0.317 e.